The topological polar surface area (TPSA) is 191 Å². The molecule has 4 N–H and O–H groups in total. The van der Waals surface area contributed by atoms with Gasteiger partial charge in [-0.05, 0) is 93.8 Å². The second-order valence-corrected chi connectivity index (χ2v) is 15.2. The summed E-state index contributed by atoms with van der Waals surface area (Å²) in [7, 11) is 0. The van der Waals surface area contributed by atoms with Crippen molar-refractivity contribution >= 4 is 23.8 Å². The Hall–Kier alpha value is -5.02. The molecule has 55 heavy (non-hydrogen) atoms. The molecule has 3 saturated heterocycles. The van der Waals surface area contributed by atoms with Gasteiger partial charge in [0.15, 0.2) is 5.82 Å². The Morgan fingerprint density at radius 2 is 1.47 bits per heavy atom. The predicted molar refractivity (Wildman–Crippen MR) is 203 cm³/mol. The Balaban J connectivity index is 1.01. The van der Waals surface area contributed by atoms with Crippen LogP contribution in [0.5, 0.6) is 11.5 Å². The maximum Gasteiger partial charge on any atom is 0.317 e. The molecule has 3 aromatic rings. The number of carbonyl (C=O) groups excluding carboxylic acids is 3. The number of phenols is 2. The number of rotatable bonds is 12. The van der Waals surface area contributed by atoms with Gasteiger partial charge in [0, 0.05) is 56.9 Å². The third kappa shape index (κ3) is 9.45. The monoisotopic (exact) mass is 759 g/mol. The fourth-order valence-corrected chi connectivity index (χ4v) is 7.90. The summed E-state index contributed by atoms with van der Waals surface area (Å²) in [4.78, 5) is 56.5. The third-order valence-electron chi connectivity index (χ3n) is 11.1. The van der Waals surface area contributed by atoms with Crippen LogP contribution in [0.3, 0.4) is 0 Å². The van der Waals surface area contributed by atoms with Gasteiger partial charge in [-0.3, -0.25) is 33.5 Å². The Labute approximate surface area is 321 Å². The Morgan fingerprint density at radius 1 is 0.836 bits per heavy atom. The zero-order valence-corrected chi connectivity index (χ0v) is 31.9. The fourth-order valence-electron chi connectivity index (χ4n) is 7.90. The molecule has 0 radical (unpaired) electrons. The van der Waals surface area contributed by atoms with Gasteiger partial charge in [-0.25, -0.2) is 0 Å². The number of piperidine rings is 3. The first kappa shape index (κ1) is 39.7. The quantitative estimate of drug-likeness (QED) is 0.196. The molecule has 0 spiro atoms. The van der Waals surface area contributed by atoms with E-state index in [2.05, 4.69) is 20.4 Å². The van der Waals surface area contributed by atoms with Crippen LogP contribution in [0.2, 0.25) is 0 Å². The van der Waals surface area contributed by atoms with Crippen molar-refractivity contribution in [2.75, 3.05) is 52.4 Å². The Bertz CT molecular complexity index is 1840. The number of carboxylic acids is 1. The maximum atomic E-state index is 13.5. The van der Waals surface area contributed by atoms with Crippen LogP contribution in [0.15, 0.2) is 36.4 Å². The molecule has 0 saturated carbocycles. The number of phenolic OH excluding ortho intramolecular Hbond substituents is 2. The molecule has 3 aliphatic rings. The fraction of sp³-hybridized carbons (Fsp3) is 0.550. The van der Waals surface area contributed by atoms with E-state index in [0.717, 1.165) is 31.5 Å². The van der Waals surface area contributed by atoms with E-state index < -0.39 is 11.9 Å². The predicted octanol–water partition coefficient (Wildman–Crippen LogP) is 3.76. The molecule has 0 atom stereocenters. The lowest BCUT2D eigenvalue weighted by Gasteiger charge is -2.37. The Kier molecular flexibility index (Phi) is 12.7. The molecule has 2 amide bonds. The van der Waals surface area contributed by atoms with Crippen LogP contribution >= 0.6 is 0 Å². The van der Waals surface area contributed by atoms with Crippen LogP contribution in [-0.2, 0) is 25.7 Å². The van der Waals surface area contributed by atoms with Crippen molar-refractivity contribution in [1.29, 1.82) is 0 Å². The van der Waals surface area contributed by atoms with Gasteiger partial charge in [0.2, 0.25) is 11.7 Å². The molecule has 1 aromatic heterocycles. The number of hydrogen-bond acceptors (Lipinski definition) is 11. The van der Waals surface area contributed by atoms with Gasteiger partial charge in [-0.15, -0.1) is 10.2 Å². The first-order valence-electron chi connectivity index (χ1n) is 19.5. The smallest absolute Gasteiger partial charge is 0.317 e. The van der Waals surface area contributed by atoms with Crippen molar-refractivity contribution in [3.63, 3.8) is 0 Å². The SMILES string of the molecule is CCNC(=O)c1nnc(-c2cc(C(C)C)c(O)cc2O)n1-c1ccc(CN2CCC(C(=O)N3CCC(C(=O)OC4CCN(CC(=O)O)CC4)CC3)CC2)cc1. The van der Waals surface area contributed by atoms with Crippen LogP contribution in [-0.4, -0.2) is 127 Å². The van der Waals surface area contributed by atoms with Gasteiger partial charge in [0.05, 0.1) is 18.0 Å². The van der Waals surface area contributed by atoms with Crippen LogP contribution in [0.1, 0.15) is 87.0 Å². The van der Waals surface area contributed by atoms with Crippen molar-refractivity contribution in [3.8, 4) is 28.6 Å². The molecule has 296 valence electrons. The number of esters is 1. The summed E-state index contributed by atoms with van der Waals surface area (Å²) in [5.41, 5.74) is 2.69. The largest absolute Gasteiger partial charge is 0.508 e. The Morgan fingerprint density at radius 3 is 2.09 bits per heavy atom. The van der Waals surface area contributed by atoms with Gasteiger partial charge in [0.25, 0.3) is 5.91 Å². The highest BCUT2D eigenvalue weighted by atomic mass is 16.5. The summed E-state index contributed by atoms with van der Waals surface area (Å²) in [5.74, 6) is -1.43. The summed E-state index contributed by atoms with van der Waals surface area (Å²) in [6.07, 6.45) is 3.79. The second-order valence-electron chi connectivity index (χ2n) is 15.2. The first-order chi connectivity index (χ1) is 26.4. The minimum absolute atomic E-state index is 0.00737. The van der Waals surface area contributed by atoms with Gasteiger partial charge >= 0.3 is 11.9 Å². The van der Waals surface area contributed by atoms with Gasteiger partial charge in [-0.2, -0.15) is 0 Å². The minimum atomic E-state index is -0.850. The highest BCUT2D eigenvalue weighted by molar-refractivity contribution is 5.92. The number of ether oxygens (including phenoxy) is 1. The maximum absolute atomic E-state index is 13.5. The molecular weight excluding hydrogens is 706 g/mol. The number of benzene rings is 2. The van der Waals surface area contributed by atoms with Crippen LogP contribution in [0, 0.1) is 11.8 Å². The number of aromatic nitrogens is 3. The number of aromatic hydroxyl groups is 2. The van der Waals surface area contributed by atoms with Crippen molar-refractivity contribution in [2.24, 2.45) is 11.8 Å². The highest BCUT2D eigenvalue weighted by Gasteiger charge is 2.34. The van der Waals surface area contributed by atoms with E-state index in [1.807, 2.05) is 54.8 Å². The van der Waals surface area contributed by atoms with E-state index >= 15 is 0 Å². The van der Waals surface area contributed by atoms with Crippen LogP contribution in [0.4, 0.5) is 0 Å². The van der Waals surface area contributed by atoms with Gasteiger partial charge < -0.3 is 30.3 Å². The lowest BCUT2D eigenvalue weighted by atomic mass is 9.92. The lowest BCUT2D eigenvalue weighted by Crippen LogP contribution is -2.46. The van der Waals surface area contributed by atoms with Crippen molar-refractivity contribution in [3.05, 3.63) is 53.3 Å². The van der Waals surface area contributed by atoms with E-state index in [9.17, 15) is 29.4 Å². The summed E-state index contributed by atoms with van der Waals surface area (Å²) >= 11 is 0. The van der Waals surface area contributed by atoms with E-state index in [1.54, 1.807) is 10.6 Å². The van der Waals surface area contributed by atoms with E-state index in [-0.39, 0.29) is 65.4 Å². The van der Waals surface area contributed by atoms with Crippen LogP contribution in [0.25, 0.3) is 17.1 Å². The summed E-state index contributed by atoms with van der Waals surface area (Å²) < 4.78 is 7.40. The third-order valence-corrected chi connectivity index (χ3v) is 11.1. The highest BCUT2D eigenvalue weighted by Crippen LogP contribution is 2.38. The molecule has 3 fully saturated rings. The number of carbonyl (C=O) groups is 4. The lowest BCUT2D eigenvalue weighted by molar-refractivity contribution is -0.160. The van der Waals surface area contributed by atoms with Crippen LogP contribution < -0.4 is 5.32 Å². The number of aliphatic carboxylic acids is 1. The number of nitrogens with zero attached hydrogens (tertiary/aromatic N) is 6. The normalized spacial score (nSPS) is 18.1. The summed E-state index contributed by atoms with van der Waals surface area (Å²) in [5, 5.41) is 41.5. The standard InChI is InChI=1S/C40H53N7O8/c1-4-41-38(52)37-43-42-36(32-21-31(25(2)3)33(48)22-34(32)49)47(37)29-7-5-26(6-8-29)23-44-15-9-27(10-16-44)39(53)46-19-11-28(12-20-46)40(54)55-30-13-17-45(18-14-30)24-35(50)51/h5-8,21-22,25,27-28,30,48-49H,4,9-20,23-24H2,1-3H3,(H,41,52)(H,50,51). The number of nitrogens with one attached hydrogen (secondary N) is 1. The molecule has 0 aliphatic carbocycles. The van der Waals surface area contributed by atoms with Gasteiger partial charge in [-0.1, -0.05) is 26.0 Å². The average Bonchev–Trinajstić information content (AvgIpc) is 3.61. The second kappa shape index (κ2) is 17.6. The van der Waals surface area contributed by atoms with Crippen molar-refractivity contribution in [1.82, 2.24) is 34.8 Å². The van der Waals surface area contributed by atoms with Crippen molar-refractivity contribution in [2.45, 2.75) is 77.9 Å². The zero-order chi connectivity index (χ0) is 39.2. The number of carboxylic acid groups (broad SMARTS) is 1. The zero-order valence-electron chi connectivity index (χ0n) is 31.9. The molecule has 0 unspecified atom stereocenters. The van der Waals surface area contributed by atoms with E-state index in [1.165, 1.54) is 6.07 Å². The van der Waals surface area contributed by atoms with E-state index in [0.29, 0.717) is 81.8 Å². The number of hydrogen-bond donors (Lipinski definition) is 4. The molecule has 4 heterocycles. The molecule has 0 bridgehead atoms. The van der Waals surface area contributed by atoms with E-state index in [4.69, 9.17) is 9.84 Å². The molecule has 15 heteroatoms. The summed E-state index contributed by atoms with van der Waals surface area (Å²) in [6, 6.07) is 10.7. The number of likely N-dealkylation sites (tertiary alicyclic amines) is 3. The number of amides is 2. The minimum Gasteiger partial charge on any atom is -0.508 e. The molecule has 2 aromatic carbocycles. The van der Waals surface area contributed by atoms with Crippen molar-refractivity contribution < 1.29 is 39.2 Å². The van der Waals surface area contributed by atoms with Gasteiger partial charge in [0.1, 0.15) is 17.6 Å². The molecule has 3 aliphatic heterocycles. The molecular formula is C40H53N7O8. The summed E-state index contributed by atoms with van der Waals surface area (Å²) in [6.45, 7) is 10.6. The average molecular weight is 760 g/mol. The molecule has 6 rings (SSSR count). The molecule has 15 nitrogen and oxygen atoms in total. The first-order valence-corrected chi connectivity index (χ1v) is 19.5.